The maximum atomic E-state index is 7.40. The summed E-state index contributed by atoms with van der Waals surface area (Å²) in [4.78, 5) is 2.05. The van der Waals surface area contributed by atoms with Gasteiger partial charge in [-0.25, -0.2) is 0 Å². The Labute approximate surface area is 83.3 Å². The van der Waals surface area contributed by atoms with Crippen molar-refractivity contribution in [3.05, 3.63) is 0 Å². The van der Waals surface area contributed by atoms with Crippen LogP contribution in [-0.4, -0.2) is 29.4 Å². The van der Waals surface area contributed by atoms with Gasteiger partial charge in [0.05, 0.1) is 0 Å². The van der Waals surface area contributed by atoms with E-state index in [1.807, 2.05) is 18.2 Å². The first kappa shape index (κ1) is 10.6. The summed E-state index contributed by atoms with van der Waals surface area (Å²) in [6.07, 6.45) is 4.50. The highest BCUT2D eigenvalue weighted by Crippen LogP contribution is 2.26. The van der Waals surface area contributed by atoms with Crippen LogP contribution in [0.2, 0.25) is 0 Å². The highest BCUT2D eigenvalue weighted by Gasteiger charge is 2.27. The van der Waals surface area contributed by atoms with E-state index in [0.29, 0.717) is 11.2 Å². The molecule has 1 aliphatic rings. The maximum Gasteiger partial charge on any atom is 0.156 e. The molecule has 0 amide bonds. The average Bonchev–Trinajstić information content (AvgIpc) is 2.66. The van der Waals surface area contributed by atoms with Gasteiger partial charge in [-0.05, 0) is 19.1 Å². The average molecular weight is 272 g/mol. The number of nitrogens with one attached hydrogen (secondary N) is 1. The molecule has 0 bridgehead atoms. The third kappa shape index (κ3) is 2.65. The zero-order valence-electron chi connectivity index (χ0n) is 6.26. The summed E-state index contributed by atoms with van der Waals surface area (Å²) in [6.45, 7) is 0. The van der Waals surface area contributed by atoms with E-state index in [0.717, 1.165) is 0 Å². The first-order valence-corrected chi connectivity index (χ1v) is 4.33. The second kappa shape index (κ2) is 4.43. The van der Waals surface area contributed by atoms with Crippen molar-refractivity contribution in [2.75, 3.05) is 13.3 Å². The lowest BCUT2D eigenvalue weighted by molar-refractivity contribution is 0.503. The molecule has 0 aromatic heterocycles. The molecule has 0 radical (unpaired) electrons. The molecule has 1 rings (SSSR count). The van der Waals surface area contributed by atoms with Crippen LogP contribution in [0.25, 0.3) is 0 Å². The van der Waals surface area contributed by atoms with E-state index in [1.165, 1.54) is 24.6 Å². The van der Waals surface area contributed by atoms with Crippen LogP contribution in [0.5, 0.6) is 0 Å². The van der Waals surface area contributed by atoms with Gasteiger partial charge in [0.25, 0.3) is 0 Å². The topological polar surface area (TPSA) is 27.1 Å². The van der Waals surface area contributed by atoms with Crippen LogP contribution in [0.1, 0.15) is 12.8 Å². The van der Waals surface area contributed by atoms with E-state index in [-0.39, 0.29) is 24.0 Å². The molecule has 0 aromatic rings. The smallest absolute Gasteiger partial charge is 0.156 e. The van der Waals surface area contributed by atoms with Crippen LogP contribution in [0.4, 0.5) is 0 Å². The molecule has 1 saturated carbocycles. The van der Waals surface area contributed by atoms with Gasteiger partial charge < -0.3 is 4.90 Å². The van der Waals surface area contributed by atoms with Gasteiger partial charge in [0.15, 0.2) is 5.17 Å². The molecule has 1 aliphatic carbocycles. The molecular formula is C6H13IN2S. The number of amidine groups is 1. The van der Waals surface area contributed by atoms with Crippen molar-refractivity contribution in [3.63, 3.8) is 0 Å². The van der Waals surface area contributed by atoms with Crippen molar-refractivity contribution in [3.8, 4) is 0 Å². The fourth-order valence-corrected chi connectivity index (χ4v) is 1.21. The van der Waals surface area contributed by atoms with E-state index in [1.54, 1.807) is 0 Å². The molecule has 0 saturated heterocycles. The lowest BCUT2D eigenvalue weighted by Crippen LogP contribution is -2.24. The second-order valence-corrected chi connectivity index (χ2v) is 3.15. The first-order chi connectivity index (χ1) is 4.25. The molecule has 0 spiro atoms. The van der Waals surface area contributed by atoms with E-state index in [2.05, 4.69) is 0 Å². The van der Waals surface area contributed by atoms with Crippen molar-refractivity contribution < 1.29 is 0 Å². The summed E-state index contributed by atoms with van der Waals surface area (Å²) in [6, 6.07) is 0.685. The Morgan fingerprint density at radius 3 is 2.40 bits per heavy atom. The van der Waals surface area contributed by atoms with Gasteiger partial charge in [0.2, 0.25) is 0 Å². The quantitative estimate of drug-likeness (QED) is 0.449. The largest absolute Gasteiger partial charge is 0.352 e. The maximum absolute atomic E-state index is 7.40. The lowest BCUT2D eigenvalue weighted by atomic mass is 10.6. The predicted molar refractivity (Wildman–Crippen MR) is 57.4 cm³/mol. The summed E-state index contributed by atoms with van der Waals surface area (Å²) in [5.41, 5.74) is 0. The standard InChI is InChI=1S/C6H12N2S.HI/c1-8(5-3-4-5)6(7)9-2;/h5,7H,3-4H2,1-2H3;1H. The van der Waals surface area contributed by atoms with Crippen LogP contribution in [0.15, 0.2) is 0 Å². The molecule has 1 N–H and O–H groups in total. The number of hydrogen-bond donors (Lipinski definition) is 1. The van der Waals surface area contributed by atoms with Gasteiger partial charge in [-0.2, -0.15) is 0 Å². The Balaban J connectivity index is 0.000000810. The van der Waals surface area contributed by atoms with Crippen molar-refractivity contribution in [2.45, 2.75) is 18.9 Å². The second-order valence-electron chi connectivity index (χ2n) is 2.35. The number of thioether (sulfide) groups is 1. The van der Waals surface area contributed by atoms with Gasteiger partial charge >= 0.3 is 0 Å². The minimum Gasteiger partial charge on any atom is -0.352 e. The molecule has 60 valence electrons. The normalized spacial score (nSPS) is 15.8. The van der Waals surface area contributed by atoms with E-state index >= 15 is 0 Å². The Kier molecular flexibility index (Phi) is 4.68. The van der Waals surface area contributed by atoms with Crippen LogP contribution in [-0.2, 0) is 0 Å². The highest BCUT2D eigenvalue weighted by molar-refractivity contribution is 14.0. The van der Waals surface area contributed by atoms with Gasteiger partial charge in [-0.1, -0.05) is 11.8 Å². The minimum absolute atomic E-state index is 0. The van der Waals surface area contributed by atoms with Crippen molar-refractivity contribution >= 4 is 40.9 Å². The number of hydrogen-bond acceptors (Lipinski definition) is 2. The molecule has 0 aromatic carbocycles. The van der Waals surface area contributed by atoms with Crippen molar-refractivity contribution in [1.82, 2.24) is 4.90 Å². The summed E-state index contributed by atoms with van der Waals surface area (Å²) >= 11 is 1.51. The molecule has 0 unspecified atom stereocenters. The molecule has 1 fully saturated rings. The Hall–Kier alpha value is 0.550. The molecule has 10 heavy (non-hydrogen) atoms. The molecule has 0 atom stereocenters. The number of halogens is 1. The SMILES string of the molecule is CSC(=N)N(C)C1CC1.I. The van der Waals surface area contributed by atoms with E-state index in [4.69, 9.17) is 5.41 Å². The third-order valence-corrected chi connectivity index (χ3v) is 2.28. The molecular weight excluding hydrogens is 259 g/mol. The molecule has 0 heterocycles. The predicted octanol–water partition coefficient (Wildman–Crippen LogP) is 2.00. The Bertz CT molecular complexity index is 125. The van der Waals surface area contributed by atoms with Gasteiger partial charge in [0, 0.05) is 13.1 Å². The fraction of sp³-hybridized carbons (Fsp3) is 0.833. The van der Waals surface area contributed by atoms with Gasteiger partial charge in [0.1, 0.15) is 0 Å². The zero-order valence-corrected chi connectivity index (χ0v) is 9.40. The lowest BCUT2D eigenvalue weighted by Gasteiger charge is -2.16. The first-order valence-electron chi connectivity index (χ1n) is 3.11. The molecule has 4 heteroatoms. The Morgan fingerprint density at radius 1 is 1.60 bits per heavy atom. The Morgan fingerprint density at radius 2 is 2.10 bits per heavy atom. The minimum atomic E-state index is 0. The number of nitrogens with zero attached hydrogens (tertiary/aromatic N) is 1. The monoisotopic (exact) mass is 272 g/mol. The summed E-state index contributed by atoms with van der Waals surface area (Å²) in [7, 11) is 2.00. The zero-order chi connectivity index (χ0) is 6.85. The summed E-state index contributed by atoms with van der Waals surface area (Å²) in [5.74, 6) is 0. The molecule has 0 aliphatic heterocycles. The number of rotatable bonds is 1. The van der Waals surface area contributed by atoms with Crippen molar-refractivity contribution in [2.24, 2.45) is 0 Å². The van der Waals surface area contributed by atoms with E-state index < -0.39 is 0 Å². The van der Waals surface area contributed by atoms with Crippen LogP contribution < -0.4 is 0 Å². The van der Waals surface area contributed by atoms with Crippen molar-refractivity contribution in [1.29, 1.82) is 5.41 Å². The van der Waals surface area contributed by atoms with Gasteiger partial charge in [-0.3, -0.25) is 5.41 Å². The summed E-state index contributed by atoms with van der Waals surface area (Å²) < 4.78 is 0. The van der Waals surface area contributed by atoms with Gasteiger partial charge in [-0.15, -0.1) is 24.0 Å². The van der Waals surface area contributed by atoms with Crippen LogP contribution >= 0.6 is 35.7 Å². The molecule has 2 nitrogen and oxygen atoms in total. The van der Waals surface area contributed by atoms with Crippen LogP contribution in [0, 0.1) is 5.41 Å². The third-order valence-electron chi connectivity index (χ3n) is 1.61. The van der Waals surface area contributed by atoms with Crippen LogP contribution in [0.3, 0.4) is 0 Å². The summed E-state index contributed by atoms with van der Waals surface area (Å²) in [5, 5.41) is 8.09. The fourth-order valence-electron chi connectivity index (χ4n) is 0.772. The highest BCUT2D eigenvalue weighted by atomic mass is 127. The van der Waals surface area contributed by atoms with E-state index in [9.17, 15) is 0 Å².